The first-order valence-electron chi connectivity index (χ1n) is 8.80. The molecular formula is C19H13Cl2F3N4O2. The van der Waals surface area contributed by atoms with Gasteiger partial charge >= 0.3 is 6.18 Å². The molecule has 3 aromatic rings. The second-order valence-electron chi connectivity index (χ2n) is 6.73. The second-order valence-corrected chi connectivity index (χ2v) is 7.52. The van der Waals surface area contributed by atoms with Crippen LogP contribution in [-0.2, 0) is 6.18 Å². The van der Waals surface area contributed by atoms with Gasteiger partial charge in [0, 0.05) is 17.9 Å². The number of carbonyl (C=O) groups excluding carboxylic acids is 1. The minimum atomic E-state index is -4.80. The molecule has 2 aromatic heterocycles. The van der Waals surface area contributed by atoms with E-state index in [1.54, 1.807) is 0 Å². The van der Waals surface area contributed by atoms with E-state index in [2.05, 4.69) is 10.4 Å². The highest BCUT2D eigenvalue weighted by atomic mass is 35.5. The Morgan fingerprint density at radius 1 is 1.10 bits per heavy atom. The number of rotatable bonds is 4. The van der Waals surface area contributed by atoms with Crippen molar-refractivity contribution in [3.05, 3.63) is 74.4 Å². The molecule has 1 aliphatic carbocycles. The quantitative estimate of drug-likeness (QED) is 0.638. The van der Waals surface area contributed by atoms with E-state index in [1.807, 2.05) is 0 Å². The van der Waals surface area contributed by atoms with Crippen molar-refractivity contribution in [2.45, 2.75) is 25.1 Å². The summed E-state index contributed by atoms with van der Waals surface area (Å²) in [5, 5.41) is 6.25. The summed E-state index contributed by atoms with van der Waals surface area (Å²) in [5.74, 6) is -0.810. The molecule has 1 saturated carbocycles. The molecule has 1 aliphatic rings. The average molecular weight is 457 g/mol. The SMILES string of the molecule is O=C(NC1CC1)c1cnn(-c2ccc(-n3ccc(Cl)c(Cl)c3=O)cc2)c1C(F)(F)F. The fourth-order valence-corrected chi connectivity index (χ4v) is 3.21. The zero-order valence-corrected chi connectivity index (χ0v) is 16.6. The van der Waals surface area contributed by atoms with Crippen LogP contribution in [0.3, 0.4) is 0 Å². The molecule has 1 fully saturated rings. The maximum atomic E-state index is 13.7. The van der Waals surface area contributed by atoms with Gasteiger partial charge in [0.05, 0.1) is 22.5 Å². The maximum Gasteiger partial charge on any atom is 0.434 e. The van der Waals surface area contributed by atoms with Crippen molar-refractivity contribution in [1.29, 1.82) is 0 Å². The van der Waals surface area contributed by atoms with E-state index >= 15 is 0 Å². The van der Waals surface area contributed by atoms with Crippen LogP contribution >= 0.6 is 23.2 Å². The number of nitrogens with one attached hydrogen (secondary N) is 1. The van der Waals surface area contributed by atoms with E-state index in [4.69, 9.17) is 23.2 Å². The first-order valence-corrected chi connectivity index (χ1v) is 9.56. The molecule has 1 N–H and O–H groups in total. The molecule has 0 spiro atoms. The Kier molecular flexibility index (Phi) is 5.11. The van der Waals surface area contributed by atoms with Gasteiger partial charge < -0.3 is 5.32 Å². The van der Waals surface area contributed by atoms with Crippen molar-refractivity contribution >= 4 is 29.1 Å². The Hall–Kier alpha value is -2.78. The molecule has 0 atom stereocenters. The van der Waals surface area contributed by atoms with Gasteiger partial charge in [0.25, 0.3) is 11.5 Å². The van der Waals surface area contributed by atoms with Crippen LogP contribution in [0.15, 0.2) is 47.5 Å². The summed E-state index contributed by atoms with van der Waals surface area (Å²) in [5.41, 5.74) is -1.83. The number of halogens is 5. The van der Waals surface area contributed by atoms with E-state index in [-0.39, 0.29) is 21.8 Å². The van der Waals surface area contributed by atoms with Gasteiger partial charge in [0.2, 0.25) is 0 Å². The van der Waals surface area contributed by atoms with Gasteiger partial charge in [-0.2, -0.15) is 18.3 Å². The number of nitrogens with zero attached hydrogens (tertiary/aromatic N) is 3. The third-order valence-corrected chi connectivity index (χ3v) is 5.33. The predicted octanol–water partition coefficient (Wildman–Crippen LogP) is 4.24. The molecular weight excluding hydrogens is 444 g/mol. The Labute approximate surface area is 177 Å². The summed E-state index contributed by atoms with van der Waals surface area (Å²) in [6.07, 6.45) is -1.00. The molecule has 0 aliphatic heterocycles. The normalized spacial score (nSPS) is 14.0. The third kappa shape index (κ3) is 3.82. The molecule has 156 valence electrons. The highest BCUT2D eigenvalue weighted by Gasteiger charge is 2.41. The van der Waals surface area contributed by atoms with E-state index in [0.29, 0.717) is 10.4 Å². The lowest BCUT2D eigenvalue weighted by Gasteiger charge is -2.13. The van der Waals surface area contributed by atoms with E-state index < -0.39 is 28.9 Å². The van der Waals surface area contributed by atoms with Crippen molar-refractivity contribution < 1.29 is 18.0 Å². The fourth-order valence-electron chi connectivity index (χ4n) is 2.92. The topological polar surface area (TPSA) is 68.9 Å². The standard InChI is InChI=1S/C19H13Cl2F3N4O2/c20-14-7-8-27(18(30)15(14)21)11-3-5-12(6-4-11)28-16(19(22,23)24)13(9-25-28)17(29)26-10-1-2-10/h3-10H,1-2H2,(H,26,29). The molecule has 11 heteroatoms. The minimum absolute atomic E-state index is 0.0738. The molecule has 4 rings (SSSR count). The third-order valence-electron chi connectivity index (χ3n) is 4.55. The zero-order chi connectivity index (χ0) is 21.6. The van der Waals surface area contributed by atoms with Crippen LogP contribution in [0.1, 0.15) is 28.9 Å². The van der Waals surface area contributed by atoms with Gasteiger partial charge in [-0.05, 0) is 43.2 Å². The van der Waals surface area contributed by atoms with Crippen molar-refractivity contribution in [3.8, 4) is 11.4 Å². The maximum absolute atomic E-state index is 13.7. The number of alkyl halides is 3. The number of carbonyl (C=O) groups is 1. The smallest absolute Gasteiger partial charge is 0.349 e. The van der Waals surface area contributed by atoms with E-state index in [1.165, 1.54) is 41.1 Å². The van der Waals surface area contributed by atoms with Gasteiger partial charge in [0.15, 0.2) is 5.69 Å². The van der Waals surface area contributed by atoms with Gasteiger partial charge in [-0.15, -0.1) is 0 Å². The van der Waals surface area contributed by atoms with Crippen molar-refractivity contribution in [3.63, 3.8) is 0 Å². The highest BCUT2D eigenvalue weighted by Crippen LogP contribution is 2.34. The van der Waals surface area contributed by atoms with Gasteiger partial charge in [-0.1, -0.05) is 23.2 Å². The lowest BCUT2D eigenvalue weighted by molar-refractivity contribution is -0.143. The second kappa shape index (κ2) is 7.48. The average Bonchev–Trinajstić information content (AvgIpc) is 3.38. The molecule has 6 nitrogen and oxygen atoms in total. The number of hydrogen-bond donors (Lipinski definition) is 1. The summed E-state index contributed by atoms with van der Waals surface area (Å²) in [4.78, 5) is 24.5. The number of aromatic nitrogens is 3. The number of benzene rings is 1. The molecule has 0 unspecified atom stereocenters. The summed E-state index contributed by atoms with van der Waals surface area (Å²) < 4.78 is 43.0. The molecule has 2 heterocycles. The Morgan fingerprint density at radius 2 is 1.73 bits per heavy atom. The van der Waals surface area contributed by atoms with Gasteiger partial charge in [-0.3, -0.25) is 14.2 Å². The first-order chi connectivity index (χ1) is 14.2. The van der Waals surface area contributed by atoms with Crippen LogP contribution in [0.25, 0.3) is 11.4 Å². The molecule has 0 radical (unpaired) electrons. The van der Waals surface area contributed by atoms with Crippen LogP contribution in [0.2, 0.25) is 10.0 Å². The van der Waals surface area contributed by atoms with E-state index in [9.17, 15) is 22.8 Å². The largest absolute Gasteiger partial charge is 0.434 e. The van der Waals surface area contributed by atoms with Crippen LogP contribution < -0.4 is 10.9 Å². The lowest BCUT2D eigenvalue weighted by Crippen LogP contribution is -2.28. The first kappa shape index (κ1) is 20.5. The minimum Gasteiger partial charge on any atom is -0.349 e. The highest BCUT2D eigenvalue weighted by molar-refractivity contribution is 6.41. The van der Waals surface area contributed by atoms with Crippen LogP contribution in [0.5, 0.6) is 0 Å². The number of pyridine rings is 1. The predicted molar refractivity (Wildman–Crippen MR) is 105 cm³/mol. The Bertz CT molecular complexity index is 1180. The monoisotopic (exact) mass is 456 g/mol. The van der Waals surface area contributed by atoms with E-state index in [0.717, 1.165) is 19.0 Å². The van der Waals surface area contributed by atoms with Crippen molar-refractivity contribution in [2.24, 2.45) is 0 Å². The molecule has 0 saturated heterocycles. The number of hydrogen-bond acceptors (Lipinski definition) is 3. The fraction of sp³-hybridized carbons (Fsp3) is 0.211. The molecule has 30 heavy (non-hydrogen) atoms. The lowest BCUT2D eigenvalue weighted by atomic mass is 10.2. The Balaban J connectivity index is 1.73. The van der Waals surface area contributed by atoms with Crippen LogP contribution in [-0.4, -0.2) is 26.3 Å². The van der Waals surface area contributed by atoms with Crippen molar-refractivity contribution in [2.75, 3.05) is 0 Å². The summed E-state index contributed by atoms with van der Waals surface area (Å²) in [7, 11) is 0. The molecule has 0 bridgehead atoms. The number of amides is 1. The molecule has 1 amide bonds. The summed E-state index contributed by atoms with van der Waals surface area (Å²) in [6.45, 7) is 0. The van der Waals surface area contributed by atoms with Crippen LogP contribution in [0.4, 0.5) is 13.2 Å². The van der Waals surface area contributed by atoms with Gasteiger partial charge in [0.1, 0.15) is 5.02 Å². The summed E-state index contributed by atoms with van der Waals surface area (Å²) in [6, 6.07) is 6.92. The molecule has 1 aromatic carbocycles. The Morgan fingerprint density at radius 3 is 2.33 bits per heavy atom. The van der Waals surface area contributed by atoms with Gasteiger partial charge in [-0.25, -0.2) is 4.68 Å². The van der Waals surface area contributed by atoms with Crippen molar-refractivity contribution in [1.82, 2.24) is 19.7 Å². The summed E-state index contributed by atoms with van der Waals surface area (Å²) >= 11 is 11.7. The zero-order valence-electron chi connectivity index (χ0n) is 15.1. The van der Waals surface area contributed by atoms with Crippen LogP contribution in [0, 0.1) is 0 Å².